The summed E-state index contributed by atoms with van der Waals surface area (Å²) < 4.78 is 28.6. The largest absolute Gasteiger partial charge is 0.377 e. The maximum absolute atomic E-state index is 11.8. The summed E-state index contributed by atoms with van der Waals surface area (Å²) in [5, 5.41) is 5.72. The molecule has 2 heterocycles. The first-order chi connectivity index (χ1) is 9.55. The van der Waals surface area contributed by atoms with Gasteiger partial charge in [0.15, 0.2) is 15.7 Å². The van der Waals surface area contributed by atoms with E-state index in [2.05, 4.69) is 20.6 Å². The molecule has 0 aliphatic carbocycles. The lowest BCUT2D eigenvalue weighted by molar-refractivity contribution is 0.178. The smallest absolute Gasteiger partial charge is 0.158 e. The lowest BCUT2D eigenvalue weighted by Crippen LogP contribution is -2.25. The summed E-state index contributed by atoms with van der Waals surface area (Å²) in [6, 6.07) is 1.75. The van der Waals surface area contributed by atoms with Crippen LogP contribution >= 0.6 is 0 Å². The summed E-state index contributed by atoms with van der Waals surface area (Å²) >= 11 is 0. The van der Waals surface area contributed by atoms with Crippen molar-refractivity contribution in [3.63, 3.8) is 0 Å². The Kier molecular flexibility index (Phi) is 4.77. The minimum atomic E-state index is -2.94. The topological polar surface area (TPSA) is 93.2 Å². The highest BCUT2D eigenvalue weighted by Gasteiger charge is 2.30. The van der Waals surface area contributed by atoms with Crippen molar-refractivity contribution < 1.29 is 13.2 Å². The quantitative estimate of drug-likeness (QED) is 0.797. The first-order valence-corrected chi connectivity index (χ1v) is 8.27. The second-order valence-corrected chi connectivity index (χ2v) is 7.15. The summed E-state index contributed by atoms with van der Waals surface area (Å²) in [6.07, 6.45) is 1.46. The zero-order valence-corrected chi connectivity index (χ0v) is 12.5. The molecule has 20 heavy (non-hydrogen) atoms. The number of nitrogens with one attached hydrogen (secondary N) is 2. The van der Waals surface area contributed by atoms with Crippen molar-refractivity contribution in [3.05, 3.63) is 11.9 Å². The molecule has 0 aromatic carbocycles. The Morgan fingerprint density at radius 1 is 1.40 bits per heavy atom. The molecule has 2 N–H and O–H groups in total. The van der Waals surface area contributed by atoms with Crippen molar-refractivity contribution in [2.75, 3.05) is 37.1 Å². The molecule has 1 aliphatic rings. The number of hydrogen-bond acceptors (Lipinski definition) is 7. The number of sulfone groups is 1. The third-order valence-electron chi connectivity index (χ3n) is 3.28. The molecule has 1 atom stereocenters. The first-order valence-electron chi connectivity index (χ1n) is 6.55. The second-order valence-electron chi connectivity index (χ2n) is 4.75. The van der Waals surface area contributed by atoms with Crippen LogP contribution in [0.25, 0.3) is 0 Å². The minimum absolute atomic E-state index is 0.291. The van der Waals surface area contributed by atoms with Crippen LogP contribution < -0.4 is 10.6 Å². The van der Waals surface area contributed by atoms with Crippen LogP contribution in [-0.4, -0.2) is 50.1 Å². The van der Waals surface area contributed by atoms with Crippen LogP contribution in [-0.2, 0) is 21.2 Å². The molecular weight excluding hydrogens is 280 g/mol. The van der Waals surface area contributed by atoms with Crippen LogP contribution in [0.15, 0.2) is 6.07 Å². The van der Waals surface area contributed by atoms with E-state index in [9.17, 15) is 8.42 Å². The van der Waals surface area contributed by atoms with Crippen LogP contribution in [0.4, 0.5) is 11.6 Å². The molecule has 0 radical (unpaired) electrons. The van der Waals surface area contributed by atoms with Gasteiger partial charge in [-0.2, -0.15) is 0 Å². The van der Waals surface area contributed by atoms with Gasteiger partial charge in [0, 0.05) is 26.8 Å². The van der Waals surface area contributed by atoms with E-state index in [-0.39, 0.29) is 5.25 Å². The van der Waals surface area contributed by atoms with Gasteiger partial charge in [-0.25, -0.2) is 18.4 Å². The van der Waals surface area contributed by atoms with Gasteiger partial charge in [0.2, 0.25) is 0 Å². The molecule has 1 saturated heterocycles. The number of ether oxygens (including phenoxy) is 1. The fourth-order valence-electron chi connectivity index (χ4n) is 2.22. The van der Waals surface area contributed by atoms with E-state index in [0.29, 0.717) is 42.8 Å². The maximum Gasteiger partial charge on any atom is 0.158 e. The van der Waals surface area contributed by atoms with Crippen LogP contribution in [0.1, 0.15) is 18.7 Å². The van der Waals surface area contributed by atoms with E-state index in [0.717, 1.165) is 6.42 Å². The Balaban J connectivity index is 2.07. The molecule has 2 rings (SSSR count). The summed E-state index contributed by atoms with van der Waals surface area (Å²) in [7, 11) is 0.405. The molecule has 112 valence electrons. The summed E-state index contributed by atoms with van der Waals surface area (Å²) in [5.74, 6) is 2.12. The predicted octanol–water partition coefficient (Wildman–Crippen LogP) is 0.654. The van der Waals surface area contributed by atoms with Crippen molar-refractivity contribution in [2.45, 2.75) is 24.7 Å². The zero-order valence-electron chi connectivity index (χ0n) is 11.7. The van der Waals surface area contributed by atoms with Gasteiger partial charge in [0.05, 0.1) is 11.0 Å². The van der Waals surface area contributed by atoms with E-state index in [1.807, 2.05) is 0 Å². The number of hydrogen-bond donors (Lipinski definition) is 2. The zero-order chi connectivity index (χ0) is 14.6. The molecule has 1 aliphatic heterocycles. The number of aromatic nitrogens is 2. The van der Waals surface area contributed by atoms with Gasteiger partial charge in [-0.15, -0.1) is 0 Å². The molecule has 8 heteroatoms. The van der Waals surface area contributed by atoms with E-state index in [1.165, 1.54) is 0 Å². The van der Waals surface area contributed by atoms with Crippen LogP contribution in [0, 0.1) is 0 Å². The van der Waals surface area contributed by atoms with Crippen LogP contribution in [0.2, 0.25) is 0 Å². The Morgan fingerprint density at radius 3 is 2.75 bits per heavy atom. The fourth-order valence-corrected chi connectivity index (χ4v) is 3.98. The molecule has 1 unspecified atom stereocenters. The minimum Gasteiger partial charge on any atom is -0.377 e. The maximum atomic E-state index is 11.8. The van der Waals surface area contributed by atoms with Crippen LogP contribution in [0.5, 0.6) is 0 Å². The van der Waals surface area contributed by atoms with E-state index < -0.39 is 9.84 Å². The fraction of sp³-hybridized carbons (Fsp3) is 0.667. The molecule has 1 aromatic heterocycles. The summed E-state index contributed by atoms with van der Waals surface area (Å²) in [4.78, 5) is 8.54. The number of rotatable bonds is 6. The molecule has 0 bridgehead atoms. The average Bonchev–Trinajstić information content (AvgIpc) is 2.75. The van der Waals surface area contributed by atoms with Gasteiger partial charge in [-0.05, 0) is 12.8 Å². The van der Waals surface area contributed by atoms with Crippen molar-refractivity contribution in [1.82, 2.24) is 9.97 Å². The Bertz CT molecular complexity index is 562. The highest BCUT2D eigenvalue weighted by Crippen LogP contribution is 2.20. The second kappa shape index (κ2) is 6.36. The van der Waals surface area contributed by atoms with E-state index in [1.54, 1.807) is 20.2 Å². The lowest BCUT2D eigenvalue weighted by atomic mass is 10.2. The molecule has 0 saturated carbocycles. The SMILES string of the molecule is CNc1cc(NCC2CCCS2(=O)=O)nc(COC)n1. The van der Waals surface area contributed by atoms with Crippen molar-refractivity contribution >= 4 is 21.5 Å². The van der Waals surface area contributed by atoms with Crippen molar-refractivity contribution in [2.24, 2.45) is 0 Å². The van der Waals surface area contributed by atoms with Gasteiger partial charge in [-0.1, -0.05) is 0 Å². The lowest BCUT2D eigenvalue weighted by Gasteiger charge is -2.13. The highest BCUT2D eigenvalue weighted by molar-refractivity contribution is 7.92. The average molecular weight is 300 g/mol. The van der Waals surface area contributed by atoms with Gasteiger partial charge in [0.1, 0.15) is 18.2 Å². The Labute approximate surface area is 119 Å². The molecule has 0 amide bonds. The standard InChI is InChI=1S/C12H20N4O3S/c1-13-10-6-11(16-12(15-10)8-19-2)14-7-9-4-3-5-20(9,17)18/h6,9H,3-5,7-8H2,1-2H3,(H2,13,14,15,16). The predicted molar refractivity (Wildman–Crippen MR) is 77.6 cm³/mol. The van der Waals surface area contributed by atoms with E-state index in [4.69, 9.17) is 4.74 Å². The number of anilines is 2. The molecule has 1 fully saturated rings. The van der Waals surface area contributed by atoms with Gasteiger partial charge in [0.25, 0.3) is 0 Å². The van der Waals surface area contributed by atoms with Gasteiger partial charge >= 0.3 is 0 Å². The molecule has 1 aromatic rings. The van der Waals surface area contributed by atoms with Crippen molar-refractivity contribution in [1.29, 1.82) is 0 Å². The summed E-state index contributed by atoms with van der Waals surface area (Å²) in [6.45, 7) is 0.695. The highest BCUT2D eigenvalue weighted by atomic mass is 32.2. The normalized spacial score (nSPS) is 20.8. The monoisotopic (exact) mass is 300 g/mol. The Hall–Kier alpha value is -1.41. The number of nitrogens with zero attached hydrogens (tertiary/aromatic N) is 2. The van der Waals surface area contributed by atoms with Crippen molar-refractivity contribution in [3.8, 4) is 0 Å². The van der Waals surface area contributed by atoms with Gasteiger partial charge < -0.3 is 15.4 Å². The Morgan fingerprint density at radius 2 is 2.15 bits per heavy atom. The third-order valence-corrected chi connectivity index (χ3v) is 5.55. The van der Waals surface area contributed by atoms with Crippen LogP contribution in [0.3, 0.4) is 0 Å². The molecule has 7 nitrogen and oxygen atoms in total. The van der Waals surface area contributed by atoms with Gasteiger partial charge in [-0.3, -0.25) is 0 Å². The number of methoxy groups -OCH3 is 1. The molecular formula is C12H20N4O3S. The summed E-state index contributed by atoms with van der Waals surface area (Å²) in [5.41, 5.74) is 0. The van der Waals surface area contributed by atoms with E-state index >= 15 is 0 Å². The molecule has 0 spiro atoms. The first kappa shape index (κ1) is 15.0. The third kappa shape index (κ3) is 3.57.